The summed E-state index contributed by atoms with van der Waals surface area (Å²) in [6, 6.07) is 4.66. The fourth-order valence-corrected chi connectivity index (χ4v) is 2.18. The van der Waals surface area contributed by atoms with Gasteiger partial charge in [0, 0.05) is 44.5 Å². The monoisotopic (exact) mass is 481 g/mol. The van der Waals surface area contributed by atoms with E-state index in [0.717, 1.165) is 5.56 Å². The zero-order chi connectivity index (χ0) is 18.2. The molecule has 0 fully saturated rings. The Labute approximate surface area is 167 Å². The van der Waals surface area contributed by atoms with Gasteiger partial charge in [0.25, 0.3) is 0 Å². The Bertz CT molecular complexity index is 724. The van der Waals surface area contributed by atoms with Gasteiger partial charge in [-0.25, -0.2) is 0 Å². The van der Waals surface area contributed by atoms with Gasteiger partial charge in [-0.15, -0.1) is 24.0 Å². The second kappa shape index (κ2) is 10.8. The Balaban J connectivity index is 0.00000338. The van der Waals surface area contributed by atoms with Gasteiger partial charge in [0.1, 0.15) is 11.5 Å². The van der Waals surface area contributed by atoms with Crippen LogP contribution in [-0.2, 0) is 20.1 Å². The number of ether oxygens (including phenoxy) is 2. The van der Waals surface area contributed by atoms with E-state index in [1.54, 1.807) is 30.1 Å². The summed E-state index contributed by atoms with van der Waals surface area (Å²) in [5.74, 6) is 1.16. The van der Waals surface area contributed by atoms with Gasteiger partial charge in [-0.05, 0) is 18.2 Å². The number of benzene rings is 1. The lowest BCUT2D eigenvalue weighted by molar-refractivity contribution is -0.0504. The molecule has 0 spiro atoms. The summed E-state index contributed by atoms with van der Waals surface area (Å²) in [5, 5.41) is 10.3. The highest BCUT2D eigenvalue weighted by molar-refractivity contribution is 14.0. The minimum atomic E-state index is -2.89. The molecule has 7 nitrogen and oxygen atoms in total. The molecular formula is C16H22F2IN5O2. The molecule has 0 atom stereocenters. The fourth-order valence-electron chi connectivity index (χ4n) is 2.18. The third-order valence-corrected chi connectivity index (χ3v) is 3.37. The number of aliphatic imine (C=N–C) groups is 1. The topological polar surface area (TPSA) is 72.7 Å². The summed E-state index contributed by atoms with van der Waals surface area (Å²) < 4.78 is 36.5. The van der Waals surface area contributed by atoms with Gasteiger partial charge in [0.15, 0.2) is 5.96 Å². The van der Waals surface area contributed by atoms with Crippen LogP contribution in [0.1, 0.15) is 11.1 Å². The van der Waals surface area contributed by atoms with Crippen molar-refractivity contribution in [2.45, 2.75) is 19.7 Å². The molecular weight excluding hydrogens is 459 g/mol. The first kappa shape index (κ1) is 21.9. The maximum Gasteiger partial charge on any atom is 0.387 e. The summed E-state index contributed by atoms with van der Waals surface area (Å²) in [5.41, 5.74) is 1.53. The highest BCUT2D eigenvalue weighted by atomic mass is 127. The van der Waals surface area contributed by atoms with Crippen LogP contribution in [0.2, 0.25) is 0 Å². The number of hydrogen-bond acceptors (Lipinski definition) is 4. The van der Waals surface area contributed by atoms with Gasteiger partial charge < -0.3 is 20.1 Å². The van der Waals surface area contributed by atoms with Crippen molar-refractivity contribution in [2.75, 3.05) is 14.2 Å². The van der Waals surface area contributed by atoms with Crippen molar-refractivity contribution < 1.29 is 18.3 Å². The average molecular weight is 481 g/mol. The smallest absolute Gasteiger partial charge is 0.387 e. The second-order valence-electron chi connectivity index (χ2n) is 5.15. The third kappa shape index (κ3) is 6.65. The number of aryl methyl sites for hydroxylation is 1. The summed E-state index contributed by atoms with van der Waals surface area (Å²) >= 11 is 0. The lowest BCUT2D eigenvalue weighted by atomic mass is 10.2. The summed E-state index contributed by atoms with van der Waals surface area (Å²) in [7, 11) is 4.97. The van der Waals surface area contributed by atoms with Gasteiger partial charge in [0.05, 0.1) is 13.3 Å². The molecule has 144 valence electrons. The Morgan fingerprint density at radius 3 is 2.62 bits per heavy atom. The highest BCUT2D eigenvalue weighted by Gasteiger charge is 2.11. The third-order valence-electron chi connectivity index (χ3n) is 3.37. The van der Waals surface area contributed by atoms with Gasteiger partial charge in [-0.2, -0.15) is 13.9 Å². The molecule has 0 bridgehead atoms. The van der Waals surface area contributed by atoms with E-state index in [9.17, 15) is 8.78 Å². The van der Waals surface area contributed by atoms with Crippen LogP contribution >= 0.6 is 24.0 Å². The van der Waals surface area contributed by atoms with Crippen molar-refractivity contribution in [1.29, 1.82) is 0 Å². The number of alkyl halides is 2. The molecule has 2 aromatic rings. The van der Waals surface area contributed by atoms with Gasteiger partial charge in [-0.3, -0.25) is 9.67 Å². The van der Waals surface area contributed by atoms with Crippen molar-refractivity contribution in [1.82, 2.24) is 20.4 Å². The van der Waals surface area contributed by atoms with Gasteiger partial charge >= 0.3 is 6.61 Å². The maximum absolute atomic E-state index is 12.5. The fraction of sp³-hybridized carbons (Fsp3) is 0.375. The largest absolute Gasteiger partial charge is 0.497 e. The average Bonchev–Trinajstić information content (AvgIpc) is 3.01. The number of nitrogens with zero attached hydrogens (tertiary/aromatic N) is 3. The van der Waals surface area contributed by atoms with Crippen LogP contribution in [-0.4, -0.2) is 36.5 Å². The molecule has 0 unspecified atom stereocenters. The molecule has 2 N–H and O–H groups in total. The Hall–Kier alpha value is -2.11. The predicted octanol–water partition coefficient (Wildman–Crippen LogP) is 2.51. The molecule has 1 aromatic carbocycles. The predicted molar refractivity (Wildman–Crippen MR) is 105 cm³/mol. The van der Waals surface area contributed by atoms with Crippen molar-refractivity contribution in [3.05, 3.63) is 41.7 Å². The molecule has 0 saturated heterocycles. The molecule has 1 aromatic heterocycles. The minimum Gasteiger partial charge on any atom is -0.497 e. The standard InChI is InChI=1S/C16H21F2N5O2.HI/c1-19-16(20-7-11-8-22-23(2)10-11)21-9-12-6-13(24-3)4-5-14(12)25-15(17)18;/h4-6,8,10,15H,7,9H2,1-3H3,(H2,19,20,21);1H. The number of aromatic nitrogens is 2. The van der Waals surface area contributed by atoms with Crippen LogP contribution < -0.4 is 20.1 Å². The van der Waals surface area contributed by atoms with Crippen molar-refractivity contribution in [3.63, 3.8) is 0 Å². The van der Waals surface area contributed by atoms with Crippen LogP contribution in [0.4, 0.5) is 8.78 Å². The van der Waals surface area contributed by atoms with Crippen LogP contribution in [0, 0.1) is 0 Å². The van der Waals surface area contributed by atoms with Crippen LogP contribution in [0.15, 0.2) is 35.6 Å². The molecule has 10 heteroatoms. The van der Waals surface area contributed by atoms with E-state index >= 15 is 0 Å². The van der Waals surface area contributed by atoms with E-state index in [0.29, 0.717) is 23.8 Å². The number of rotatable bonds is 7. The van der Waals surface area contributed by atoms with Gasteiger partial charge in [0.2, 0.25) is 0 Å². The number of hydrogen-bond donors (Lipinski definition) is 2. The van der Waals surface area contributed by atoms with Crippen LogP contribution in [0.25, 0.3) is 0 Å². The molecule has 0 radical (unpaired) electrons. The molecule has 2 rings (SSSR count). The zero-order valence-corrected chi connectivity index (χ0v) is 17.0. The quantitative estimate of drug-likeness (QED) is 0.362. The number of guanidine groups is 1. The molecule has 0 aliphatic rings. The zero-order valence-electron chi connectivity index (χ0n) is 14.7. The summed E-state index contributed by atoms with van der Waals surface area (Å²) in [6.45, 7) is -2.12. The molecule has 0 aliphatic heterocycles. The molecule has 1 heterocycles. The Kier molecular flexibility index (Phi) is 9.10. The number of methoxy groups -OCH3 is 1. The number of nitrogens with one attached hydrogen (secondary N) is 2. The molecule has 26 heavy (non-hydrogen) atoms. The van der Waals surface area contributed by atoms with Crippen LogP contribution in [0.3, 0.4) is 0 Å². The van der Waals surface area contributed by atoms with E-state index < -0.39 is 6.61 Å². The van der Waals surface area contributed by atoms with Crippen molar-refractivity contribution in [2.24, 2.45) is 12.0 Å². The lowest BCUT2D eigenvalue weighted by Crippen LogP contribution is -2.36. The van der Waals surface area contributed by atoms with Crippen LogP contribution in [0.5, 0.6) is 11.5 Å². The summed E-state index contributed by atoms with van der Waals surface area (Å²) in [4.78, 5) is 4.11. The van der Waals surface area contributed by atoms with Gasteiger partial charge in [-0.1, -0.05) is 0 Å². The maximum atomic E-state index is 12.5. The lowest BCUT2D eigenvalue weighted by Gasteiger charge is -2.15. The molecule has 0 aliphatic carbocycles. The van der Waals surface area contributed by atoms with E-state index in [2.05, 4.69) is 25.5 Å². The highest BCUT2D eigenvalue weighted by Crippen LogP contribution is 2.25. The normalized spacial score (nSPS) is 11.1. The van der Waals surface area contributed by atoms with E-state index in [1.165, 1.54) is 13.2 Å². The first-order valence-electron chi connectivity index (χ1n) is 7.55. The van der Waals surface area contributed by atoms with Crippen molar-refractivity contribution in [3.8, 4) is 11.5 Å². The Morgan fingerprint density at radius 2 is 2.04 bits per heavy atom. The SMILES string of the molecule is CN=C(NCc1cnn(C)c1)NCc1cc(OC)ccc1OC(F)F.I. The number of halogens is 3. The molecule has 0 amide bonds. The first-order valence-corrected chi connectivity index (χ1v) is 7.55. The first-order chi connectivity index (χ1) is 12.0. The summed E-state index contributed by atoms with van der Waals surface area (Å²) in [6.07, 6.45) is 3.63. The van der Waals surface area contributed by atoms with E-state index in [-0.39, 0.29) is 36.3 Å². The van der Waals surface area contributed by atoms with E-state index in [1.807, 2.05) is 13.2 Å². The minimum absolute atomic E-state index is 0. The van der Waals surface area contributed by atoms with E-state index in [4.69, 9.17) is 4.74 Å². The van der Waals surface area contributed by atoms with Crippen molar-refractivity contribution >= 4 is 29.9 Å². The second-order valence-corrected chi connectivity index (χ2v) is 5.15. The Morgan fingerprint density at radius 1 is 1.31 bits per heavy atom. The molecule has 0 saturated carbocycles.